The first-order valence-electron chi connectivity index (χ1n) is 7.79. The smallest absolute Gasteiger partial charge is 0.253 e. The van der Waals surface area contributed by atoms with Gasteiger partial charge in [-0.05, 0) is 35.9 Å². The first-order chi connectivity index (χ1) is 11.8. The van der Waals surface area contributed by atoms with E-state index >= 15 is 0 Å². The Morgan fingerprint density at radius 3 is 2.52 bits per heavy atom. The second-order valence-electron chi connectivity index (χ2n) is 5.94. The summed E-state index contributed by atoms with van der Waals surface area (Å²) < 4.78 is 34.3. The van der Waals surface area contributed by atoms with Gasteiger partial charge in [-0.2, -0.15) is 0 Å². The Bertz CT molecular complexity index is 907. The van der Waals surface area contributed by atoms with Crippen LogP contribution >= 0.6 is 0 Å². The second kappa shape index (κ2) is 6.76. The molecule has 6 nitrogen and oxygen atoms in total. The van der Waals surface area contributed by atoms with E-state index in [2.05, 4.69) is 0 Å². The van der Waals surface area contributed by atoms with Gasteiger partial charge in [-0.25, -0.2) is 8.42 Å². The van der Waals surface area contributed by atoms with Crippen LogP contribution in [0, 0.1) is 0 Å². The lowest BCUT2D eigenvalue weighted by atomic mass is 10.1. The standard InChI is InChI=1S/C18H19NO5S/c1-19(12-13-6-7-16-17(10-13)24-9-8-23-16)18(20)14-4-3-5-15(11-14)25(2,21)22/h3-7,10-11H,8-9,12H2,1-2H3. The van der Waals surface area contributed by atoms with E-state index in [1.54, 1.807) is 19.2 Å². The summed E-state index contributed by atoms with van der Waals surface area (Å²) >= 11 is 0. The monoisotopic (exact) mass is 361 g/mol. The van der Waals surface area contributed by atoms with E-state index in [0.717, 1.165) is 11.8 Å². The van der Waals surface area contributed by atoms with Crippen LogP contribution in [0.5, 0.6) is 11.5 Å². The molecule has 0 radical (unpaired) electrons. The number of hydrogen-bond donors (Lipinski definition) is 0. The molecule has 3 rings (SSSR count). The molecule has 0 aliphatic carbocycles. The highest BCUT2D eigenvalue weighted by Crippen LogP contribution is 2.31. The quantitative estimate of drug-likeness (QED) is 0.834. The molecule has 0 saturated heterocycles. The topological polar surface area (TPSA) is 72.9 Å². The highest BCUT2D eigenvalue weighted by atomic mass is 32.2. The Hall–Kier alpha value is -2.54. The predicted molar refractivity (Wildman–Crippen MR) is 92.8 cm³/mol. The van der Waals surface area contributed by atoms with Crippen molar-refractivity contribution in [1.82, 2.24) is 4.90 Å². The lowest BCUT2D eigenvalue weighted by Crippen LogP contribution is -2.26. The van der Waals surface area contributed by atoms with Crippen LogP contribution in [-0.2, 0) is 16.4 Å². The van der Waals surface area contributed by atoms with Crippen LogP contribution in [0.3, 0.4) is 0 Å². The molecular formula is C18H19NO5S. The van der Waals surface area contributed by atoms with Gasteiger partial charge in [0.1, 0.15) is 13.2 Å². The molecule has 1 amide bonds. The summed E-state index contributed by atoms with van der Waals surface area (Å²) in [5.41, 5.74) is 1.24. The van der Waals surface area contributed by atoms with Gasteiger partial charge in [-0.15, -0.1) is 0 Å². The molecule has 1 heterocycles. The molecule has 0 spiro atoms. The molecule has 0 atom stereocenters. The maximum absolute atomic E-state index is 12.6. The third-order valence-electron chi connectivity index (χ3n) is 3.88. The van der Waals surface area contributed by atoms with Gasteiger partial charge < -0.3 is 14.4 Å². The SMILES string of the molecule is CN(Cc1ccc2c(c1)OCCO2)C(=O)c1cccc(S(C)(=O)=O)c1. The van der Waals surface area contributed by atoms with E-state index < -0.39 is 9.84 Å². The van der Waals surface area contributed by atoms with Crippen molar-refractivity contribution in [2.45, 2.75) is 11.4 Å². The van der Waals surface area contributed by atoms with Crippen molar-refractivity contribution in [3.05, 3.63) is 53.6 Å². The lowest BCUT2D eigenvalue weighted by Gasteiger charge is -2.21. The van der Waals surface area contributed by atoms with Gasteiger partial charge in [-0.1, -0.05) is 12.1 Å². The summed E-state index contributed by atoms with van der Waals surface area (Å²) in [7, 11) is -1.68. The minimum atomic E-state index is -3.35. The minimum Gasteiger partial charge on any atom is -0.486 e. The van der Waals surface area contributed by atoms with Crippen molar-refractivity contribution in [1.29, 1.82) is 0 Å². The number of benzene rings is 2. The van der Waals surface area contributed by atoms with Crippen LogP contribution in [0.25, 0.3) is 0 Å². The zero-order valence-corrected chi connectivity index (χ0v) is 14.9. The number of nitrogens with zero attached hydrogens (tertiary/aromatic N) is 1. The maximum atomic E-state index is 12.6. The minimum absolute atomic E-state index is 0.131. The van der Waals surface area contributed by atoms with Crippen LogP contribution in [0.2, 0.25) is 0 Å². The average molecular weight is 361 g/mol. The average Bonchev–Trinajstić information content (AvgIpc) is 2.60. The Morgan fingerprint density at radius 2 is 1.80 bits per heavy atom. The number of hydrogen-bond acceptors (Lipinski definition) is 5. The summed E-state index contributed by atoms with van der Waals surface area (Å²) in [4.78, 5) is 14.3. The zero-order valence-electron chi connectivity index (χ0n) is 14.1. The molecule has 0 N–H and O–H groups in total. The van der Waals surface area contributed by atoms with Crippen molar-refractivity contribution in [2.24, 2.45) is 0 Å². The van der Waals surface area contributed by atoms with Gasteiger partial charge in [0.2, 0.25) is 0 Å². The number of rotatable bonds is 4. The number of carbonyl (C=O) groups excluding carboxylic acids is 1. The Balaban J connectivity index is 1.77. The molecule has 2 aromatic rings. The number of amides is 1. The van der Waals surface area contributed by atoms with Gasteiger partial charge in [0.15, 0.2) is 21.3 Å². The van der Waals surface area contributed by atoms with E-state index in [4.69, 9.17) is 9.47 Å². The third-order valence-corrected chi connectivity index (χ3v) is 4.99. The molecule has 25 heavy (non-hydrogen) atoms. The van der Waals surface area contributed by atoms with E-state index in [1.807, 2.05) is 18.2 Å². The van der Waals surface area contributed by atoms with Gasteiger partial charge in [0.05, 0.1) is 4.90 Å². The van der Waals surface area contributed by atoms with Crippen LogP contribution in [0.4, 0.5) is 0 Å². The van der Waals surface area contributed by atoms with Gasteiger partial charge in [0.25, 0.3) is 5.91 Å². The summed E-state index contributed by atoms with van der Waals surface area (Å²) in [6.07, 6.45) is 1.12. The Labute approximate surface area is 146 Å². The molecule has 132 valence electrons. The van der Waals surface area contributed by atoms with Crippen molar-refractivity contribution in [3.63, 3.8) is 0 Å². The first-order valence-corrected chi connectivity index (χ1v) is 9.68. The normalized spacial score (nSPS) is 13.4. The fraction of sp³-hybridized carbons (Fsp3) is 0.278. The number of sulfone groups is 1. The van der Waals surface area contributed by atoms with E-state index in [1.165, 1.54) is 17.0 Å². The third kappa shape index (κ3) is 3.93. The molecule has 7 heteroatoms. The Morgan fingerprint density at radius 1 is 1.08 bits per heavy atom. The van der Waals surface area contributed by atoms with Crippen molar-refractivity contribution < 1.29 is 22.7 Å². The van der Waals surface area contributed by atoms with Crippen LogP contribution in [0.1, 0.15) is 15.9 Å². The van der Waals surface area contributed by atoms with Crippen LogP contribution < -0.4 is 9.47 Å². The fourth-order valence-corrected chi connectivity index (χ4v) is 3.28. The van der Waals surface area contributed by atoms with Crippen molar-refractivity contribution in [2.75, 3.05) is 26.5 Å². The second-order valence-corrected chi connectivity index (χ2v) is 7.95. The van der Waals surface area contributed by atoms with Gasteiger partial charge in [0, 0.05) is 25.4 Å². The zero-order chi connectivity index (χ0) is 18.0. The molecule has 0 aromatic heterocycles. The molecule has 0 fully saturated rings. The molecule has 1 aliphatic heterocycles. The van der Waals surface area contributed by atoms with Gasteiger partial charge >= 0.3 is 0 Å². The molecule has 0 saturated carbocycles. The van der Waals surface area contributed by atoms with Crippen molar-refractivity contribution in [3.8, 4) is 11.5 Å². The highest BCUT2D eigenvalue weighted by Gasteiger charge is 2.17. The maximum Gasteiger partial charge on any atom is 0.253 e. The van der Waals surface area contributed by atoms with Crippen LogP contribution in [0.15, 0.2) is 47.4 Å². The molecular weight excluding hydrogens is 342 g/mol. The van der Waals surface area contributed by atoms with Crippen LogP contribution in [-0.4, -0.2) is 45.7 Å². The Kier molecular flexibility index (Phi) is 4.67. The largest absolute Gasteiger partial charge is 0.486 e. The van der Waals surface area contributed by atoms with Gasteiger partial charge in [-0.3, -0.25) is 4.79 Å². The first kappa shape index (κ1) is 17.3. The summed E-state index contributed by atoms with van der Waals surface area (Å²) in [6.45, 7) is 1.41. The van der Waals surface area contributed by atoms with E-state index in [9.17, 15) is 13.2 Å². The summed E-state index contributed by atoms with van der Waals surface area (Å²) in [5, 5.41) is 0. The number of fused-ring (bicyclic) bond motifs is 1. The summed E-state index contributed by atoms with van der Waals surface area (Å²) in [5.74, 6) is 1.12. The molecule has 2 aromatic carbocycles. The van der Waals surface area contributed by atoms with E-state index in [0.29, 0.717) is 36.8 Å². The number of ether oxygens (including phenoxy) is 2. The molecule has 0 bridgehead atoms. The molecule has 0 unspecified atom stereocenters. The lowest BCUT2D eigenvalue weighted by molar-refractivity contribution is 0.0784. The van der Waals surface area contributed by atoms with Crippen molar-refractivity contribution >= 4 is 15.7 Å². The summed E-state index contributed by atoms with van der Waals surface area (Å²) in [6, 6.07) is 11.6. The predicted octanol–water partition coefficient (Wildman–Crippen LogP) is 2.13. The highest BCUT2D eigenvalue weighted by molar-refractivity contribution is 7.90. The van der Waals surface area contributed by atoms with E-state index in [-0.39, 0.29) is 10.8 Å². The molecule has 1 aliphatic rings. The number of carbonyl (C=O) groups is 1. The fourth-order valence-electron chi connectivity index (χ4n) is 2.61.